The minimum atomic E-state index is -4.80. The number of ether oxygens (including phenoxy) is 1. The zero-order chi connectivity index (χ0) is 20.0. The van der Waals surface area contributed by atoms with E-state index in [4.69, 9.17) is 14.7 Å². The molecule has 15 nitrogen and oxygen atoms in total. The van der Waals surface area contributed by atoms with Crippen molar-refractivity contribution in [2.24, 2.45) is 3.77 Å². The third-order valence-corrected chi connectivity index (χ3v) is 8.92. The van der Waals surface area contributed by atoms with E-state index in [1.165, 1.54) is 16.4 Å². The Morgan fingerprint density at radius 3 is 2.63 bits per heavy atom. The first-order valence-electron chi connectivity index (χ1n) is 7.07. The van der Waals surface area contributed by atoms with Crippen molar-refractivity contribution in [1.82, 2.24) is 17.8 Å². The van der Waals surface area contributed by atoms with E-state index in [2.05, 4.69) is 8.75 Å². The molecule has 152 valence electrons. The molecular weight excluding hydrogens is 432 g/mol. The van der Waals surface area contributed by atoms with E-state index in [1.807, 2.05) is 0 Å². The SMILES string of the molecule is Nc1ccn([C@H]2CC(OS3(=O)=NS(=O)(=O)NS(=O)(=O)N3)[C@@H](CO)O2)c(=O)n1. The lowest BCUT2D eigenvalue weighted by atomic mass is 10.2. The fraction of sp³-hybridized carbons (Fsp3) is 0.556. The molecule has 1 aromatic heterocycles. The molecule has 3 rings (SSSR count). The second kappa shape index (κ2) is 6.74. The summed E-state index contributed by atoms with van der Waals surface area (Å²) >= 11 is 0. The number of anilines is 1. The third kappa shape index (κ3) is 4.43. The summed E-state index contributed by atoms with van der Waals surface area (Å²) in [6.45, 7) is -0.661. The van der Waals surface area contributed by atoms with Gasteiger partial charge in [-0.25, -0.2) is 9.00 Å². The maximum absolute atomic E-state index is 12.5. The molecule has 0 radical (unpaired) electrons. The van der Waals surface area contributed by atoms with Crippen molar-refractivity contribution in [2.75, 3.05) is 12.3 Å². The Kier molecular flexibility index (Phi) is 5.01. The Morgan fingerprint density at radius 1 is 1.33 bits per heavy atom. The first-order chi connectivity index (χ1) is 12.4. The van der Waals surface area contributed by atoms with Crippen LogP contribution in [0.3, 0.4) is 0 Å². The van der Waals surface area contributed by atoms with Crippen molar-refractivity contribution in [3.8, 4) is 0 Å². The van der Waals surface area contributed by atoms with E-state index in [0.717, 1.165) is 8.69 Å². The molecule has 0 aromatic carbocycles. The van der Waals surface area contributed by atoms with Crippen LogP contribution in [0.25, 0.3) is 0 Å². The van der Waals surface area contributed by atoms with E-state index in [-0.39, 0.29) is 12.2 Å². The predicted octanol–water partition coefficient (Wildman–Crippen LogP) is -3.53. The van der Waals surface area contributed by atoms with Gasteiger partial charge in [0.05, 0.1) is 6.61 Å². The van der Waals surface area contributed by atoms with Crippen LogP contribution < -0.4 is 19.7 Å². The fourth-order valence-electron chi connectivity index (χ4n) is 2.44. The highest BCUT2D eigenvalue weighted by atomic mass is 32.3. The maximum atomic E-state index is 12.5. The Morgan fingerprint density at radius 2 is 2.04 bits per heavy atom. The number of hydrogen-bond acceptors (Lipinski definition) is 11. The monoisotopic (exact) mass is 446 g/mol. The molecule has 27 heavy (non-hydrogen) atoms. The van der Waals surface area contributed by atoms with Crippen LogP contribution in [0, 0.1) is 0 Å². The Hall–Kier alpha value is -1.67. The summed E-state index contributed by atoms with van der Waals surface area (Å²) in [5, 5.41) is 9.41. The molecule has 0 bridgehead atoms. The van der Waals surface area contributed by atoms with Gasteiger partial charge in [-0.05, 0) is 6.07 Å². The van der Waals surface area contributed by atoms with Crippen LogP contribution >= 0.6 is 0 Å². The number of nitrogens with two attached hydrogens (primary N) is 1. The standard InChI is InChI=1S/C9H14N6O9S3/c10-7-1-2-15(9(17)11-7)8-3-5(6(4-16)23-8)24-27(22)13-25(18,19)12-26(20,21)14-27/h1-2,5-6,8,12,16H,3-4H2,(H2,10,11,17)(H,13,14,22)/t5?,6-,8-/m1/s1. The molecular formula is C9H14N6O9S3. The van der Waals surface area contributed by atoms with Crippen LogP contribution in [-0.2, 0) is 39.5 Å². The van der Waals surface area contributed by atoms with Crippen LogP contribution in [-0.4, -0.2) is 54.5 Å². The number of aliphatic hydroxyl groups excluding tert-OH is 1. The summed E-state index contributed by atoms with van der Waals surface area (Å²) in [6, 6.07) is 1.32. The van der Waals surface area contributed by atoms with Gasteiger partial charge in [0.1, 0.15) is 24.3 Å². The molecule has 0 spiro atoms. The predicted molar refractivity (Wildman–Crippen MR) is 88.1 cm³/mol. The Labute approximate surface area is 153 Å². The van der Waals surface area contributed by atoms with Gasteiger partial charge in [0, 0.05) is 12.6 Å². The van der Waals surface area contributed by atoms with Gasteiger partial charge in [-0.1, -0.05) is 12.0 Å². The number of nitrogen functional groups attached to an aromatic ring is 1. The minimum absolute atomic E-state index is 0.0307. The van der Waals surface area contributed by atoms with Crippen LogP contribution in [0.15, 0.2) is 20.8 Å². The largest absolute Gasteiger partial charge is 0.394 e. The van der Waals surface area contributed by atoms with Gasteiger partial charge in [0.15, 0.2) is 0 Å². The Bertz CT molecular complexity index is 1140. The summed E-state index contributed by atoms with van der Waals surface area (Å²) in [4.78, 5) is 15.4. The normalized spacial score (nSPS) is 34.8. The quantitative estimate of drug-likeness (QED) is 0.355. The highest BCUT2D eigenvalue weighted by Gasteiger charge is 2.42. The molecule has 0 amide bonds. The van der Waals surface area contributed by atoms with Gasteiger partial charge in [-0.3, -0.25) is 8.75 Å². The van der Waals surface area contributed by atoms with E-state index in [0.29, 0.717) is 0 Å². The second-order valence-electron chi connectivity index (χ2n) is 5.42. The summed E-state index contributed by atoms with van der Waals surface area (Å²) in [5.74, 6) is -0.0307. The molecule has 1 fully saturated rings. The van der Waals surface area contributed by atoms with Gasteiger partial charge in [0.25, 0.3) is 10.2 Å². The lowest BCUT2D eigenvalue weighted by molar-refractivity contribution is -0.0409. The first kappa shape index (κ1) is 20.1. The molecule has 0 aliphatic carbocycles. The molecule has 2 aliphatic heterocycles. The number of aliphatic hydroxyl groups is 1. The third-order valence-electron chi connectivity index (χ3n) is 3.40. The molecule has 3 heterocycles. The zero-order valence-corrected chi connectivity index (χ0v) is 15.6. The minimum Gasteiger partial charge on any atom is -0.394 e. The summed E-state index contributed by atoms with van der Waals surface area (Å²) < 4.78 is 75.3. The van der Waals surface area contributed by atoms with E-state index in [9.17, 15) is 30.9 Å². The lowest BCUT2D eigenvalue weighted by Crippen LogP contribution is -2.49. The number of hydrogen-bond donors (Lipinski definition) is 4. The van der Waals surface area contributed by atoms with E-state index >= 15 is 0 Å². The van der Waals surface area contributed by atoms with Crippen LogP contribution in [0.4, 0.5) is 5.82 Å². The number of rotatable bonds is 4. The van der Waals surface area contributed by atoms with Crippen LogP contribution in [0.5, 0.6) is 0 Å². The molecule has 5 N–H and O–H groups in total. The van der Waals surface area contributed by atoms with Crippen molar-refractivity contribution in [3.05, 3.63) is 22.7 Å². The topological polar surface area (TPSA) is 221 Å². The van der Waals surface area contributed by atoms with Crippen molar-refractivity contribution in [1.29, 1.82) is 0 Å². The first-order valence-corrected chi connectivity index (χ1v) is 11.4. The van der Waals surface area contributed by atoms with Gasteiger partial charge in [0.2, 0.25) is 0 Å². The van der Waals surface area contributed by atoms with Gasteiger partial charge in [-0.15, -0.1) is 0 Å². The Balaban J connectivity index is 1.90. The summed E-state index contributed by atoms with van der Waals surface area (Å²) in [7, 11) is -13.9. The zero-order valence-electron chi connectivity index (χ0n) is 13.2. The fourth-order valence-corrected chi connectivity index (χ4v) is 7.76. The number of nitrogens with one attached hydrogen (secondary N) is 2. The van der Waals surface area contributed by atoms with Crippen molar-refractivity contribution in [2.45, 2.75) is 24.9 Å². The molecule has 2 unspecified atom stereocenters. The van der Waals surface area contributed by atoms with E-state index < -0.39 is 61.3 Å². The number of aromatic nitrogens is 2. The molecule has 4 atom stereocenters. The molecule has 18 heteroatoms. The lowest BCUT2D eigenvalue weighted by Gasteiger charge is -2.21. The molecule has 0 saturated carbocycles. The average molecular weight is 446 g/mol. The van der Waals surface area contributed by atoms with Gasteiger partial charge in [-0.2, -0.15) is 21.8 Å². The highest BCUT2D eigenvalue weighted by molar-refractivity contribution is 8.15. The van der Waals surface area contributed by atoms with Gasteiger partial charge >= 0.3 is 26.1 Å². The molecule has 1 saturated heterocycles. The number of nitrogens with zero attached hydrogens (tertiary/aromatic N) is 3. The van der Waals surface area contributed by atoms with Crippen LogP contribution in [0.1, 0.15) is 12.6 Å². The van der Waals surface area contributed by atoms with Gasteiger partial charge < -0.3 is 15.6 Å². The maximum Gasteiger partial charge on any atom is 0.351 e. The van der Waals surface area contributed by atoms with Crippen molar-refractivity contribution < 1.29 is 35.1 Å². The molecule has 2 aliphatic rings. The van der Waals surface area contributed by atoms with Crippen LogP contribution in [0.2, 0.25) is 0 Å². The van der Waals surface area contributed by atoms with Crippen molar-refractivity contribution in [3.63, 3.8) is 0 Å². The summed E-state index contributed by atoms with van der Waals surface area (Å²) in [6.07, 6.45) is -2.37. The summed E-state index contributed by atoms with van der Waals surface area (Å²) in [5.41, 5.74) is 4.62. The smallest absolute Gasteiger partial charge is 0.351 e. The molecule has 1 aromatic rings. The van der Waals surface area contributed by atoms with E-state index in [1.54, 1.807) is 0 Å². The highest BCUT2D eigenvalue weighted by Crippen LogP contribution is 2.31. The average Bonchev–Trinajstić information content (AvgIpc) is 2.85. The van der Waals surface area contributed by atoms with Crippen molar-refractivity contribution >= 4 is 36.4 Å². The second-order valence-corrected chi connectivity index (χ2v) is 10.4.